The van der Waals surface area contributed by atoms with Gasteiger partial charge in [0.2, 0.25) is 5.91 Å². The topological polar surface area (TPSA) is 68.8 Å². The summed E-state index contributed by atoms with van der Waals surface area (Å²) in [7, 11) is 3.28. The fraction of sp³-hybridized carbons (Fsp3) is 0.923. The smallest absolute Gasteiger partial charge is 0.228 e. The highest BCUT2D eigenvalue weighted by Crippen LogP contribution is 2.29. The van der Waals surface area contributed by atoms with Crippen LogP contribution in [-0.4, -0.2) is 66.2 Å². The molecule has 0 atom stereocenters. The molecular weight excluding hydrogens is 248 g/mol. The van der Waals surface area contributed by atoms with Crippen molar-refractivity contribution in [2.45, 2.75) is 12.8 Å². The Hall–Kier alpha value is -0.690. The number of rotatable bonds is 9. The normalized spacial score (nSPS) is 18.2. The molecule has 112 valence electrons. The van der Waals surface area contributed by atoms with E-state index in [1.165, 1.54) is 0 Å². The van der Waals surface area contributed by atoms with Crippen LogP contribution in [0.2, 0.25) is 0 Å². The summed E-state index contributed by atoms with van der Waals surface area (Å²) in [6.07, 6.45) is 1.63. The molecule has 1 rings (SSSR count). The summed E-state index contributed by atoms with van der Waals surface area (Å²) in [6, 6.07) is 0. The number of amides is 1. The third-order valence-electron chi connectivity index (χ3n) is 3.43. The van der Waals surface area contributed by atoms with Crippen molar-refractivity contribution in [3.63, 3.8) is 0 Å². The van der Waals surface area contributed by atoms with Gasteiger partial charge in [-0.25, -0.2) is 0 Å². The Morgan fingerprint density at radius 1 is 1.16 bits per heavy atom. The number of carbonyl (C=O) groups is 1. The molecule has 0 bridgehead atoms. The van der Waals surface area contributed by atoms with E-state index in [9.17, 15) is 4.79 Å². The zero-order valence-corrected chi connectivity index (χ0v) is 12.0. The van der Waals surface area contributed by atoms with Crippen molar-refractivity contribution in [1.29, 1.82) is 0 Å². The van der Waals surface area contributed by atoms with E-state index >= 15 is 0 Å². The first-order chi connectivity index (χ1) is 9.25. The van der Waals surface area contributed by atoms with Crippen LogP contribution < -0.4 is 10.6 Å². The summed E-state index contributed by atoms with van der Waals surface area (Å²) in [4.78, 5) is 12.3. The van der Waals surface area contributed by atoms with Crippen LogP contribution >= 0.6 is 0 Å². The van der Waals surface area contributed by atoms with Gasteiger partial charge in [0, 0.05) is 20.8 Å². The fourth-order valence-electron chi connectivity index (χ4n) is 2.29. The molecule has 0 unspecified atom stereocenters. The number of methoxy groups -OCH3 is 2. The van der Waals surface area contributed by atoms with E-state index in [4.69, 9.17) is 14.2 Å². The number of ether oxygens (including phenoxy) is 3. The molecule has 6 nitrogen and oxygen atoms in total. The first-order valence-corrected chi connectivity index (χ1v) is 6.80. The van der Waals surface area contributed by atoms with E-state index in [1.54, 1.807) is 14.2 Å². The fourth-order valence-corrected chi connectivity index (χ4v) is 2.29. The minimum Gasteiger partial charge on any atom is -0.384 e. The summed E-state index contributed by atoms with van der Waals surface area (Å²) >= 11 is 0. The van der Waals surface area contributed by atoms with Crippen LogP contribution in [0.25, 0.3) is 0 Å². The molecule has 0 aliphatic carbocycles. The Labute approximate surface area is 115 Å². The van der Waals surface area contributed by atoms with Crippen LogP contribution in [0, 0.1) is 5.41 Å². The second-order valence-electron chi connectivity index (χ2n) is 4.82. The molecule has 0 aromatic heterocycles. The van der Waals surface area contributed by atoms with Crippen LogP contribution in [0.4, 0.5) is 0 Å². The Kier molecular flexibility index (Phi) is 7.97. The number of nitrogens with one attached hydrogen (secondary N) is 2. The third kappa shape index (κ3) is 5.44. The first-order valence-electron chi connectivity index (χ1n) is 6.80. The van der Waals surface area contributed by atoms with Gasteiger partial charge in [0.25, 0.3) is 0 Å². The lowest BCUT2D eigenvalue weighted by atomic mass is 9.78. The summed E-state index contributed by atoms with van der Waals surface area (Å²) < 4.78 is 15.4. The van der Waals surface area contributed by atoms with E-state index in [1.807, 2.05) is 0 Å². The van der Waals surface area contributed by atoms with Gasteiger partial charge in [0.15, 0.2) is 0 Å². The summed E-state index contributed by atoms with van der Waals surface area (Å²) in [5.41, 5.74) is -0.382. The molecule has 1 aliphatic heterocycles. The molecule has 0 saturated carbocycles. The van der Waals surface area contributed by atoms with Gasteiger partial charge in [0.05, 0.1) is 31.8 Å². The predicted octanol–water partition coefficient (Wildman–Crippen LogP) is -0.218. The van der Waals surface area contributed by atoms with Gasteiger partial charge in [-0.2, -0.15) is 0 Å². The van der Waals surface area contributed by atoms with Crippen LogP contribution in [0.3, 0.4) is 0 Å². The number of carbonyl (C=O) groups excluding carboxylic acids is 1. The molecular formula is C13H26N2O4. The predicted molar refractivity (Wildman–Crippen MR) is 72.1 cm³/mol. The van der Waals surface area contributed by atoms with Crippen molar-refractivity contribution in [1.82, 2.24) is 10.6 Å². The quantitative estimate of drug-likeness (QED) is 0.569. The van der Waals surface area contributed by atoms with Gasteiger partial charge >= 0.3 is 0 Å². The minimum absolute atomic E-state index is 0.0752. The highest BCUT2D eigenvalue weighted by Gasteiger charge is 2.39. The SMILES string of the molecule is COCCOCCNC(=O)C1(COC)CCNCC1. The van der Waals surface area contributed by atoms with Gasteiger partial charge < -0.3 is 24.8 Å². The lowest BCUT2D eigenvalue weighted by Crippen LogP contribution is -2.50. The number of hydrogen-bond acceptors (Lipinski definition) is 5. The van der Waals surface area contributed by atoms with Crippen molar-refractivity contribution in [3.05, 3.63) is 0 Å². The van der Waals surface area contributed by atoms with Crippen molar-refractivity contribution >= 4 is 5.91 Å². The lowest BCUT2D eigenvalue weighted by Gasteiger charge is -2.35. The van der Waals surface area contributed by atoms with Gasteiger partial charge in [0.1, 0.15) is 0 Å². The van der Waals surface area contributed by atoms with E-state index in [2.05, 4.69) is 10.6 Å². The standard InChI is InChI=1S/C13H26N2O4/c1-17-9-10-19-8-7-15-12(16)13(11-18-2)3-5-14-6-4-13/h14H,3-11H2,1-2H3,(H,15,16). The van der Waals surface area contributed by atoms with Gasteiger partial charge in [-0.15, -0.1) is 0 Å². The maximum absolute atomic E-state index is 12.3. The van der Waals surface area contributed by atoms with E-state index in [0.717, 1.165) is 25.9 Å². The Morgan fingerprint density at radius 3 is 2.53 bits per heavy atom. The maximum Gasteiger partial charge on any atom is 0.228 e. The molecule has 1 fully saturated rings. The van der Waals surface area contributed by atoms with Crippen LogP contribution in [0.1, 0.15) is 12.8 Å². The maximum atomic E-state index is 12.3. The van der Waals surface area contributed by atoms with Gasteiger partial charge in [-0.3, -0.25) is 4.79 Å². The molecule has 0 aromatic rings. The summed E-state index contributed by atoms with van der Waals surface area (Å²) in [5.74, 6) is 0.0752. The second kappa shape index (κ2) is 9.25. The monoisotopic (exact) mass is 274 g/mol. The lowest BCUT2D eigenvalue weighted by molar-refractivity contribution is -0.136. The van der Waals surface area contributed by atoms with Crippen molar-refractivity contribution < 1.29 is 19.0 Å². The van der Waals surface area contributed by atoms with Gasteiger partial charge in [-0.1, -0.05) is 0 Å². The van der Waals surface area contributed by atoms with Crippen LogP contribution in [0.5, 0.6) is 0 Å². The molecule has 0 radical (unpaired) electrons. The number of piperidine rings is 1. The molecule has 0 aromatic carbocycles. The van der Waals surface area contributed by atoms with Crippen molar-refractivity contribution in [2.24, 2.45) is 5.41 Å². The Bertz CT molecular complexity index is 250. The van der Waals surface area contributed by atoms with Crippen LogP contribution in [0.15, 0.2) is 0 Å². The van der Waals surface area contributed by atoms with E-state index in [0.29, 0.717) is 33.0 Å². The molecule has 1 saturated heterocycles. The highest BCUT2D eigenvalue weighted by atomic mass is 16.5. The minimum atomic E-state index is -0.382. The highest BCUT2D eigenvalue weighted by molar-refractivity contribution is 5.83. The Balaban J connectivity index is 2.28. The molecule has 2 N–H and O–H groups in total. The second-order valence-corrected chi connectivity index (χ2v) is 4.82. The van der Waals surface area contributed by atoms with Crippen molar-refractivity contribution in [2.75, 3.05) is 60.3 Å². The van der Waals surface area contributed by atoms with Crippen molar-refractivity contribution in [3.8, 4) is 0 Å². The molecule has 19 heavy (non-hydrogen) atoms. The van der Waals surface area contributed by atoms with E-state index < -0.39 is 0 Å². The third-order valence-corrected chi connectivity index (χ3v) is 3.43. The number of hydrogen-bond donors (Lipinski definition) is 2. The zero-order valence-electron chi connectivity index (χ0n) is 12.0. The summed E-state index contributed by atoms with van der Waals surface area (Å²) in [6.45, 7) is 4.37. The Morgan fingerprint density at radius 2 is 1.89 bits per heavy atom. The largest absolute Gasteiger partial charge is 0.384 e. The van der Waals surface area contributed by atoms with E-state index in [-0.39, 0.29) is 11.3 Å². The summed E-state index contributed by atoms with van der Waals surface area (Å²) in [5, 5.41) is 6.21. The molecule has 1 aliphatic rings. The molecule has 0 spiro atoms. The zero-order chi connectivity index (χ0) is 14.0. The average Bonchev–Trinajstić information content (AvgIpc) is 2.44. The molecule has 1 amide bonds. The average molecular weight is 274 g/mol. The molecule has 6 heteroatoms. The van der Waals surface area contributed by atoms with Gasteiger partial charge in [-0.05, 0) is 25.9 Å². The molecule has 1 heterocycles. The van der Waals surface area contributed by atoms with Crippen LogP contribution in [-0.2, 0) is 19.0 Å². The first kappa shape index (κ1) is 16.4.